The summed E-state index contributed by atoms with van der Waals surface area (Å²) >= 11 is 6.09. The maximum atomic E-state index is 13.7. The summed E-state index contributed by atoms with van der Waals surface area (Å²) < 4.78 is 26.3. The molecule has 0 radical (unpaired) electrons. The molecule has 1 unspecified atom stereocenters. The maximum Gasteiger partial charge on any atom is 0.244 e. The van der Waals surface area contributed by atoms with E-state index in [4.69, 9.17) is 11.6 Å². The molecule has 1 aliphatic carbocycles. The average Bonchev–Trinajstić information content (AvgIpc) is 3.30. The van der Waals surface area contributed by atoms with E-state index in [-0.39, 0.29) is 18.5 Å². The fraction of sp³-hybridized carbons (Fsp3) is 0.462. The molecule has 35 heavy (non-hydrogen) atoms. The zero-order valence-corrected chi connectivity index (χ0v) is 22.1. The number of sulfonamides is 1. The molecule has 3 rings (SSSR count). The second-order valence-corrected chi connectivity index (χ2v) is 11.5. The lowest BCUT2D eigenvalue weighted by molar-refractivity contribution is -0.140. The normalized spacial score (nSPS) is 15.0. The summed E-state index contributed by atoms with van der Waals surface area (Å²) in [5.41, 5.74) is 2.19. The van der Waals surface area contributed by atoms with Gasteiger partial charge in [0.15, 0.2) is 0 Å². The van der Waals surface area contributed by atoms with Crippen molar-refractivity contribution in [1.82, 2.24) is 10.2 Å². The monoisotopic (exact) mass is 519 g/mol. The van der Waals surface area contributed by atoms with Crippen molar-refractivity contribution in [2.45, 2.75) is 64.6 Å². The first-order valence-electron chi connectivity index (χ1n) is 12.0. The Labute approximate surface area is 213 Å². The molecule has 7 nitrogen and oxygen atoms in total. The quantitative estimate of drug-likeness (QED) is 0.507. The fourth-order valence-corrected chi connectivity index (χ4v) is 5.53. The molecule has 1 saturated carbocycles. The predicted octanol–water partition coefficient (Wildman–Crippen LogP) is 4.28. The number of carbonyl (C=O) groups excluding carboxylic acids is 2. The Hall–Kier alpha value is -2.58. The Kier molecular flexibility index (Phi) is 9.19. The number of rotatable bonds is 10. The molecule has 0 bridgehead atoms. The minimum Gasteiger partial charge on any atom is -0.352 e. The van der Waals surface area contributed by atoms with Crippen molar-refractivity contribution < 1.29 is 18.0 Å². The first kappa shape index (κ1) is 27.0. The van der Waals surface area contributed by atoms with Crippen LogP contribution in [0.25, 0.3) is 0 Å². The van der Waals surface area contributed by atoms with Gasteiger partial charge in [-0.15, -0.1) is 0 Å². The van der Waals surface area contributed by atoms with E-state index in [2.05, 4.69) is 5.32 Å². The van der Waals surface area contributed by atoms with Gasteiger partial charge in [-0.2, -0.15) is 0 Å². The van der Waals surface area contributed by atoms with Crippen LogP contribution in [-0.2, 0) is 26.2 Å². The van der Waals surface area contributed by atoms with Crippen LogP contribution < -0.4 is 9.62 Å². The molecule has 9 heteroatoms. The van der Waals surface area contributed by atoms with Crippen LogP contribution in [-0.4, -0.2) is 50.0 Å². The van der Waals surface area contributed by atoms with Gasteiger partial charge in [0.2, 0.25) is 21.8 Å². The molecule has 2 amide bonds. The molecule has 0 heterocycles. The lowest BCUT2D eigenvalue weighted by atomic mass is 10.1. The van der Waals surface area contributed by atoms with Gasteiger partial charge in [0.1, 0.15) is 12.6 Å². The number of benzene rings is 2. The van der Waals surface area contributed by atoms with Gasteiger partial charge in [-0.05, 0) is 55.5 Å². The third kappa shape index (κ3) is 7.21. The molecule has 1 atom stereocenters. The van der Waals surface area contributed by atoms with Crippen LogP contribution in [0.1, 0.15) is 50.2 Å². The van der Waals surface area contributed by atoms with Gasteiger partial charge in [0.05, 0.1) is 11.9 Å². The number of hydrogen-bond acceptors (Lipinski definition) is 4. The molecule has 1 N–H and O–H groups in total. The van der Waals surface area contributed by atoms with Crippen LogP contribution in [0.15, 0.2) is 48.5 Å². The van der Waals surface area contributed by atoms with Crippen molar-refractivity contribution in [3.05, 3.63) is 64.7 Å². The zero-order valence-electron chi connectivity index (χ0n) is 20.5. The van der Waals surface area contributed by atoms with Crippen molar-refractivity contribution in [3.8, 4) is 0 Å². The number of halogens is 1. The highest BCUT2D eigenvalue weighted by molar-refractivity contribution is 7.92. The van der Waals surface area contributed by atoms with E-state index in [0.29, 0.717) is 17.1 Å². The van der Waals surface area contributed by atoms with Gasteiger partial charge in [-0.25, -0.2) is 8.42 Å². The van der Waals surface area contributed by atoms with E-state index in [1.807, 2.05) is 38.1 Å². The van der Waals surface area contributed by atoms with Crippen molar-refractivity contribution in [3.63, 3.8) is 0 Å². The summed E-state index contributed by atoms with van der Waals surface area (Å²) in [5.74, 6) is -0.651. The third-order valence-electron chi connectivity index (χ3n) is 6.46. The van der Waals surface area contributed by atoms with Crippen LogP contribution in [0.2, 0.25) is 5.02 Å². The summed E-state index contributed by atoms with van der Waals surface area (Å²) in [6.45, 7) is 3.59. The molecule has 0 aliphatic heterocycles. The molecule has 2 aromatic rings. The van der Waals surface area contributed by atoms with E-state index >= 15 is 0 Å². The topological polar surface area (TPSA) is 86.8 Å². The number of nitrogens with zero attached hydrogens (tertiary/aromatic N) is 2. The Morgan fingerprint density at radius 3 is 2.40 bits per heavy atom. The van der Waals surface area contributed by atoms with Gasteiger partial charge in [-0.1, -0.05) is 61.7 Å². The molecule has 1 fully saturated rings. The summed E-state index contributed by atoms with van der Waals surface area (Å²) in [7, 11) is -3.79. The van der Waals surface area contributed by atoms with Crippen LogP contribution >= 0.6 is 11.6 Å². The molecule has 0 spiro atoms. The number of nitrogens with one attached hydrogen (secondary N) is 1. The first-order chi connectivity index (χ1) is 16.6. The van der Waals surface area contributed by atoms with E-state index < -0.39 is 28.5 Å². The van der Waals surface area contributed by atoms with Crippen LogP contribution in [0.3, 0.4) is 0 Å². The van der Waals surface area contributed by atoms with Crippen LogP contribution in [0.4, 0.5) is 5.69 Å². The Bertz CT molecular complexity index is 1150. The van der Waals surface area contributed by atoms with Crippen molar-refractivity contribution in [1.29, 1.82) is 0 Å². The molecule has 190 valence electrons. The fourth-order valence-electron chi connectivity index (χ4n) is 4.50. The smallest absolute Gasteiger partial charge is 0.244 e. The SMILES string of the molecule is CCC(C(=O)NC1CCCC1)N(Cc1ccccc1C)C(=O)CN(c1cccc(Cl)c1)S(C)(=O)=O. The van der Waals surface area contributed by atoms with Gasteiger partial charge < -0.3 is 10.2 Å². The summed E-state index contributed by atoms with van der Waals surface area (Å²) in [5, 5.41) is 3.47. The van der Waals surface area contributed by atoms with E-state index in [0.717, 1.165) is 47.4 Å². The highest BCUT2D eigenvalue weighted by atomic mass is 35.5. The Balaban J connectivity index is 1.93. The van der Waals surface area contributed by atoms with Crippen molar-refractivity contribution in [2.24, 2.45) is 0 Å². The summed E-state index contributed by atoms with van der Waals surface area (Å²) in [4.78, 5) is 28.5. The zero-order chi connectivity index (χ0) is 25.6. The number of anilines is 1. The summed E-state index contributed by atoms with van der Waals surface area (Å²) in [6.07, 6.45) is 5.49. The molecule has 0 aromatic heterocycles. The van der Waals surface area contributed by atoms with Crippen molar-refractivity contribution >= 4 is 39.1 Å². The maximum absolute atomic E-state index is 13.7. The second kappa shape index (κ2) is 11.9. The van der Waals surface area contributed by atoms with Crippen molar-refractivity contribution in [2.75, 3.05) is 17.1 Å². The molecular weight excluding hydrogens is 486 g/mol. The molecular formula is C26H34ClN3O4S. The van der Waals surface area contributed by atoms with Gasteiger partial charge >= 0.3 is 0 Å². The van der Waals surface area contributed by atoms with Crippen LogP contribution in [0, 0.1) is 6.92 Å². The first-order valence-corrected chi connectivity index (χ1v) is 14.2. The lowest BCUT2D eigenvalue weighted by Crippen LogP contribution is -2.53. The highest BCUT2D eigenvalue weighted by Gasteiger charge is 2.33. The van der Waals surface area contributed by atoms with Crippen LogP contribution in [0.5, 0.6) is 0 Å². The van der Waals surface area contributed by atoms with E-state index in [1.165, 1.54) is 11.0 Å². The minimum absolute atomic E-state index is 0.117. The van der Waals surface area contributed by atoms with Gasteiger partial charge in [0, 0.05) is 17.6 Å². The average molecular weight is 520 g/mol. The largest absolute Gasteiger partial charge is 0.352 e. The van der Waals surface area contributed by atoms with E-state index in [9.17, 15) is 18.0 Å². The number of amides is 2. The Morgan fingerprint density at radius 1 is 1.11 bits per heavy atom. The Morgan fingerprint density at radius 2 is 1.80 bits per heavy atom. The second-order valence-electron chi connectivity index (χ2n) is 9.11. The predicted molar refractivity (Wildman–Crippen MR) is 140 cm³/mol. The number of carbonyl (C=O) groups is 2. The number of hydrogen-bond donors (Lipinski definition) is 1. The summed E-state index contributed by atoms with van der Waals surface area (Å²) in [6, 6.07) is 13.4. The minimum atomic E-state index is -3.79. The van der Waals surface area contributed by atoms with E-state index in [1.54, 1.807) is 18.2 Å². The highest BCUT2D eigenvalue weighted by Crippen LogP contribution is 2.24. The molecule has 1 aliphatic rings. The third-order valence-corrected chi connectivity index (χ3v) is 7.84. The van der Waals surface area contributed by atoms with Gasteiger partial charge in [-0.3, -0.25) is 13.9 Å². The van der Waals surface area contributed by atoms with Gasteiger partial charge in [0.25, 0.3) is 0 Å². The lowest BCUT2D eigenvalue weighted by Gasteiger charge is -2.33. The molecule has 2 aromatic carbocycles. The number of aryl methyl sites for hydroxylation is 1. The molecule has 0 saturated heterocycles. The standard InChI is InChI=1S/C26H34ClN3O4S/c1-4-24(26(32)28-22-13-7-8-14-22)29(17-20-11-6-5-10-19(20)2)25(31)18-30(35(3,33)34)23-15-9-12-21(27)16-23/h5-6,9-12,15-16,22,24H,4,7-8,13-14,17-18H2,1-3H3,(H,28,32).